The van der Waals surface area contributed by atoms with Crippen LogP contribution in [-0.2, 0) is 5.72 Å². The lowest BCUT2D eigenvalue weighted by molar-refractivity contribution is -0.385. The molecule has 11 heteroatoms. The summed E-state index contributed by atoms with van der Waals surface area (Å²) in [5.41, 5.74) is 3.37. The maximum atomic E-state index is 12.1. The summed E-state index contributed by atoms with van der Waals surface area (Å²) in [5, 5.41) is 35.7. The van der Waals surface area contributed by atoms with E-state index in [9.17, 15) is 25.3 Å². The Bertz CT molecular complexity index is 1620. The second-order valence-electron chi connectivity index (χ2n) is 9.53. The van der Waals surface area contributed by atoms with Crippen molar-refractivity contribution in [1.82, 2.24) is 4.90 Å². The number of fused-ring (bicyclic) bond motifs is 1. The minimum Gasteiger partial charge on any atom is -0.366 e. The lowest BCUT2D eigenvalue weighted by Gasteiger charge is -2.43. The molecule has 3 aromatic rings. The van der Waals surface area contributed by atoms with Crippen molar-refractivity contribution in [3.63, 3.8) is 0 Å². The summed E-state index contributed by atoms with van der Waals surface area (Å²) in [6, 6.07) is 20.0. The van der Waals surface area contributed by atoms with Gasteiger partial charge in [0, 0.05) is 34.3 Å². The van der Waals surface area contributed by atoms with E-state index >= 15 is 0 Å². The van der Waals surface area contributed by atoms with E-state index in [1.54, 1.807) is 18.2 Å². The van der Waals surface area contributed by atoms with Crippen molar-refractivity contribution in [2.24, 2.45) is 4.99 Å². The number of rotatable bonds is 5. The highest BCUT2D eigenvalue weighted by Crippen LogP contribution is 2.54. The molecule has 2 atom stereocenters. The van der Waals surface area contributed by atoms with Crippen molar-refractivity contribution in [3.8, 4) is 0 Å². The summed E-state index contributed by atoms with van der Waals surface area (Å²) in [5.74, 6) is 0.337. The van der Waals surface area contributed by atoms with Crippen LogP contribution in [0.25, 0.3) is 6.08 Å². The highest BCUT2D eigenvalue weighted by atomic mass is 79.9. The molecule has 0 saturated carbocycles. The Kier molecular flexibility index (Phi) is 6.37. The number of non-ortho nitro benzene ring substituents is 2. The molecule has 39 heavy (non-hydrogen) atoms. The van der Waals surface area contributed by atoms with Gasteiger partial charge in [0.2, 0.25) is 0 Å². The summed E-state index contributed by atoms with van der Waals surface area (Å²) in [6.45, 7) is 0. The monoisotopic (exact) mass is 604 g/mol. The minimum atomic E-state index is -1.38. The number of amidine groups is 1. The van der Waals surface area contributed by atoms with E-state index in [2.05, 4.69) is 15.9 Å². The van der Waals surface area contributed by atoms with Gasteiger partial charge in [0.25, 0.3) is 11.4 Å². The molecule has 3 aromatic carbocycles. The first kappa shape index (κ1) is 25.5. The molecule has 196 valence electrons. The van der Waals surface area contributed by atoms with Gasteiger partial charge in [0.1, 0.15) is 0 Å². The predicted molar refractivity (Wildman–Crippen MR) is 153 cm³/mol. The fraction of sp³-hybridized carbons (Fsp3) is 0.179. The highest BCUT2D eigenvalue weighted by molar-refractivity contribution is 9.10. The van der Waals surface area contributed by atoms with Gasteiger partial charge in [-0.05, 0) is 53.3 Å². The molecule has 0 radical (unpaired) electrons. The zero-order chi connectivity index (χ0) is 27.3. The van der Waals surface area contributed by atoms with Crippen LogP contribution in [0.1, 0.15) is 35.6 Å². The number of benzene rings is 3. The quantitative estimate of drug-likeness (QED) is 0.254. The van der Waals surface area contributed by atoms with Crippen LogP contribution in [0.4, 0.5) is 11.4 Å². The van der Waals surface area contributed by atoms with Crippen molar-refractivity contribution in [2.45, 2.75) is 24.6 Å². The molecule has 0 amide bonds. The molecule has 1 aliphatic carbocycles. The number of nitrogens with zero attached hydrogens (tertiary/aromatic N) is 4. The molecule has 2 unspecified atom stereocenters. The molecule has 3 aliphatic rings. The molecular formula is C28H21BrN4O5S. The Morgan fingerprint density at radius 3 is 2.41 bits per heavy atom. The van der Waals surface area contributed by atoms with Gasteiger partial charge in [0.15, 0.2) is 10.9 Å². The second kappa shape index (κ2) is 9.74. The van der Waals surface area contributed by atoms with Gasteiger partial charge in [-0.25, -0.2) is 4.99 Å². The summed E-state index contributed by atoms with van der Waals surface area (Å²) < 4.78 is 0.889. The summed E-state index contributed by atoms with van der Waals surface area (Å²) in [4.78, 5) is 29.0. The lowest BCUT2D eigenvalue weighted by atomic mass is 9.91. The molecule has 9 nitrogen and oxygen atoms in total. The van der Waals surface area contributed by atoms with Crippen LogP contribution in [0.5, 0.6) is 0 Å². The maximum Gasteiger partial charge on any atom is 0.270 e. The number of nitro benzene ring substituents is 2. The van der Waals surface area contributed by atoms with Crippen LogP contribution in [0.15, 0.2) is 99.1 Å². The Balaban J connectivity index is 1.50. The molecule has 2 heterocycles. The third kappa shape index (κ3) is 4.46. The van der Waals surface area contributed by atoms with E-state index in [1.165, 1.54) is 30.0 Å². The third-order valence-electron chi connectivity index (χ3n) is 7.20. The first-order chi connectivity index (χ1) is 18.7. The number of aliphatic hydroxyl groups is 1. The molecular weight excluding hydrogens is 584 g/mol. The zero-order valence-electron chi connectivity index (χ0n) is 20.4. The van der Waals surface area contributed by atoms with Crippen molar-refractivity contribution in [1.29, 1.82) is 0 Å². The van der Waals surface area contributed by atoms with Crippen molar-refractivity contribution in [3.05, 3.63) is 131 Å². The molecule has 1 N–H and O–H groups in total. The highest BCUT2D eigenvalue weighted by Gasteiger charge is 2.52. The van der Waals surface area contributed by atoms with E-state index < -0.39 is 21.6 Å². The Morgan fingerprint density at radius 1 is 1.00 bits per heavy atom. The molecule has 0 bridgehead atoms. The van der Waals surface area contributed by atoms with Gasteiger partial charge in [-0.1, -0.05) is 64.1 Å². The molecule has 6 rings (SSSR count). The van der Waals surface area contributed by atoms with E-state index in [-0.39, 0.29) is 11.4 Å². The summed E-state index contributed by atoms with van der Waals surface area (Å²) in [7, 11) is 0. The molecule has 2 aliphatic heterocycles. The Morgan fingerprint density at radius 2 is 1.69 bits per heavy atom. The number of halogens is 1. The topological polar surface area (TPSA) is 122 Å². The van der Waals surface area contributed by atoms with Crippen LogP contribution >= 0.6 is 27.7 Å². The number of hydrogen-bond acceptors (Lipinski definition) is 8. The molecule has 0 spiro atoms. The Hall–Kier alpha value is -3.80. The smallest absolute Gasteiger partial charge is 0.270 e. The SMILES string of the molecule is O=[N+]([O-])c1cccc(/C=C2\CCC3=C2N=C2SCC(O)(c4ccc(Br)cc4)N2C3c2cccc([N+](=O)[O-])c2)c1. The fourth-order valence-corrected chi connectivity index (χ4v) is 6.87. The molecule has 0 aromatic heterocycles. The van der Waals surface area contributed by atoms with Crippen LogP contribution in [0.3, 0.4) is 0 Å². The van der Waals surface area contributed by atoms with Gasteiger partial charge in [0.05, 0.1) is 27.3 Å². The van der Waals surface area contributed by atoms with E-state index in [1.807, 2.05) is 47.4 Å². The normalized spacial score (nSPS) is 23.0. The number of nitro groups is 2. The van der Waals surface area contributed by atoms with E-state index in [0.29, 0.717) is 40.5 Å². The second-order valence-corrected chi connectivity index (χ2v) is 11.4. The average molecular weight is 605 g/mol. The van der Waals surface area contributed by atoms with Gasteiger partial charge in [-0.3, -0.25) is 20.2 Å². The van der Waals surface area contributed by atoms with Crippen LogP contribution in [-0.4, -0.2) is 30.8 Å². The summed E-state index contributed by atoms with van der Waals surface area (Å²) in [6.07, 6.45) is 3.21. The van der Waals surface area contributed by atoms with Crippen molar-refractivity contribution < 1.29 is 15.0 Å². The zero-order valence-corrected chi connectivity index (χ0v) is 22.8. The van der Waals surface area contributed by atoms with Crippen molar-refractivity contribution in [2.75, 3.05) is 5.75 Å². The first-order valence-corrected chi connectivity index (χ1v) is 13.9. The first-order valence-electron chi connectivity index (χ1n) is 12.2. The molecule has 1 saturated heterocycles. The maximum absolute atomic E-state index is 12.1. The number of thioether (sulfide) groups is 1. The van der Waals surface area contributed by atoms with Gasteiger partial charge in [-0.15, -0.1) is 0 Å². The number of hydrogen-bond donors (Lipinski definition) is 1. The van der Waals surface area contributed by atoms with Crippen LogP contribution in [0.2, 0.25) is 0 Å². The Labute approximate surface area is 236 Å². The molecule has 1 fully saturated rings. The predicted octanol–water partition coefficient (Wildman–Crippen LogP) is 6.70. The fourth-order valence-electron chi connectivity index (χ4n) is 5.41. The number of aliphatic imine (C=N–C) groups is 1. The van der Waals surface area contributed by atoms with E-state index in [4.69, 9.17) is 4.99 Å². The van der Waals surface area contributed by atoms with Gasteiger partial charge >= 0.3 is 0 Å². The van der Waals surface area contributed by atoms with Gasteiger partial charge < -0.3 is 10.0 Å². The van der Waals surface area contributed by atoms with Gasteiger partial charge in [-0.2, -0.15) is 0 Å². The number of allylic oxidation sites excluding steroid dienone is 1. The van der Waals surface area contributed by atoms with Crippen molar-refractivity contribution >= 4 is 50.3 Å². The largest absolute Gasteiger partial charge is 0.366 e. The summed E-state index contributed by atoms with van der Waals surface area (Å²) >= 11 is 4.89. The minimum absolute atomic E-state index is 0.0121. The average Bonchev–Trinajstić information content (AvgIpc) is 3.49. The standard InChI is InChI=1S/C28H21BrN4O5S/c29-21-10-8-20(9-11-21)28(34)16-39-27-30-25-18(13-17-3-1-5-22(14-17)32(35)36)7-12-24(25)26(31(27)28)19-4-2-6-23(15-19)33(37)38/h1-6,8-11,13-15,26,34H,7,12,16H2/b18-13+. The van der Waals surface area contributed by atoms with Crippen LogP contribution < -0.4 is 0 Å². The van der Waals surface area contributed by atoms with Crippen LogP contribution in [0, 0.1) is 20.2 Å². The van der Waals surface area contributed by atoms with E-state index in [0.717, 1.165) is 21.3 Å². The lowest BCUT2D eigenvalue weighted by Crippen LogP contribution is -2.48. The third-order valence-corrected chi connectivity index (χ3v) is 8.82.